The summed E-state index contributed by atoms with van der Waals surface area (Å²) in [5.74, 6) is -3.57. The van der Waals surface area contributed by atoms with Crippen LogP contribution < -0.4 is 24.8 Å². The van der Waals surface area contributed by atoms with E-state index in [1.54, 1.807) is 30.3 Å². The molecule has 0 aliphatic carbocycles. The summed E-state index contributed by atoms with van der Waals surface area (Å²) in [6.45, 7) is 1.84. The minimum Gasteiger partial charge on any atom is -0.493 e. The molecule has 1 aliphatic rings. The van der Waals surface area contributed by atoms with Gasteiger partial charge in [0.2, 0.25) is 17.6 Å². The number of aryl methyl sites for hydroxylation is 1. The first kappa shape index (κ1) is 28.7. The number of carbonyl (C=O) groups is 3. The molecule has 0 saturated carbocycles. The third-order valence-electron chi connectivity index (χ3n) is 5.83. The Balaban J connectivity index is 2.01. The minimum atomic E-state index is -1.37. The number of nitriles is 1. The molecule has 3 rings (SSSR count). The van der Waals surface area contributed by atoms with Crippen LogP contribution >= 0.6 is 23.4 Å². The molecule has 2 aromatic carbocycles. The molecule has 0 spiro atoms. The molecule has 2 aromatic rings. The number of allylic oxidation sites excluding steroid dienone is 1. The Bertz CT molecular complexity index is 1310. The van der Waals surface area contributed by atoms with Crippen molar-refractivity contribution in [3.05, 3.63) is 57.1 Å². The summed E-state index contributed by atoms with van der Waals surface area (Å²) in [4.78, 5) is 38.4. The Hall–Kier alpha value is -3.88. The summed E-state index contributed by atoms with van der Waals surface area (Å²) in [5, 5.41) is 16.1. The van der Waals surface area contributed by atoms with Crippen LogP contribution in [0.25, 0.3) is 0 Å². The van der Waals surface area contributed by atoms with Crippen molar-refractivity contribution in [2.24, 2.45) is 5.92 Å². The molecule has 1 heterocycles. The second-order valence-corrected chi connectivity index (χ2v) is 9.47. The number of hydrogen-bond acceptors (Lipinski definition) is 9. The van der Waals surface area contributed by atoms with Gasteiger partial charge in [0.15, 0.2) is 11.5 Å². The van der Waals surface area contributed by atoms with Crippen LogP contribution in [0.3, 0.4) is 0 Å². The second-order valence-electron chi connectivity index (χ2n) is 8.08. The number of hydrogen-bond donors (Lipinski definition) is 2. The molecule has 2 unspecified atom stereocenters. The van der Waals surface area contributed by atoms with Gasteiger partial charge in [0, 0.05) is 16.6 Å². The summed E-state index contributed by atoms with van der Waals surface area (Å²) < 4.78 is 21.1. The molecule has 12 heteroatoms. The van der Waals surface area contributed by atoms with Crippen LogP contribution in [0.2, 0.25) is 5.02 Å². The fraction of sp³-hybridized carbons (Fsp3) is 0.308. The molecule has 1 aliphatic heterocycles. The molecule has 38 heavy (non-hydrogen) atoms. The van der Waals surface area contributed by atoms with Crippen molar-refractivity contribution in [1.29, 1.82) is 5.26 Å². The highest BCUT2D eigenvalue weighted by molar-refractivity contribution is 8.03. The van der Waals surface area contributed by atoms with Crippen molar-refractivity contribution < 1.29 is 33.3 Å². The zero-order valence-electron chi connectivity index (χ0n) is 21.3. The number of ether oxygens (including phenoxy) is 4. The number of benzene rings is 2. The Labute approximate surface area is 229 Å². The number of carbonyl (C=O) groups excluding carboxylic acids is 3. The molecule has 0 fully saturated rings. The van der Waals surface area contributed by atoms with Crippen LogP contribution in [0.15, 0.2) is 40.9 Å². The molecule has 2 atom stereocenters. The maximum Gasteiger partial charge on any atom is 0.319 e. The monoisotopic (exact) mass is 559 g/mol. The van der Waals surface area contributed by atoms with Gasteiger partial charge in [0.05, 0.1) is 50.9 Å². The number of rotatable bonds is 9. The summed E-state index contributed by atoms with van der Waals surface area (Å²) in [7, 11) is 5.45. The average Bonchev–Trinajstić information content (AvgIpc) is 2.92. The number of halogens is 1. The number of nitrogens with zero attached hydrogens (tertiary/aromatic N) is 1. The van der Waals surface area contributed by atoms with Crippen molar-refractivity contribution in [3.8, 4) is 23.3 Å². The van der Waals surface area contributed by atoms with Gasteiger partial charge in [-0.2, -0.15) is 5.26 Å². The van der Waals surface area contributed by atoms with Gasteiger partial charge in [0.1, 0.15) is 5.92 Å². The molecule has 2 N–H and O–H groups in total. The quantitative estimate of drug-likeness (QED) is 0.347. The summed E-state index contributed by atoms with van der Waals surface area (Å²) >= 11 is 7.08. The standard InChI is InChI=1S/C26H26ClN3O7S/c1-13-6-7-15(10-17(13)27)29-20(31)12-38-25-16(11-28)21(22(24(32)30-25)26(33)37-5)14-8-18(34-2)23(36-4)19(9-14)35-3/h6-10,21-22H,12H2,1-5H3,(H,29,31)(H,30,32). The first-order chi connectivity index (χ1) is 18.2. The van der Waals surface area contributed by atoms with Gasteiger partial charge in [-0.05, 0) is 42.3 Å². The van der Waals surface area contributed by atoms with E-state index in [9.17, 15) is 19.6 Å². The lowest BCUT2D eigenvalue weighted by Crippen LogP contribution is -2.44. The van der Waals surface area contributed by atoms with Crippen molar-refractivity contribution in [1.82, 2.24) is 5.32 Å². The largest absolute Gasteiger partial charge is 0.493 e. The SMILES string of the molecule is COC(=O)C1C(=O)NC(SCC(=O)Nc2ccc(C)c(Cl)c2)=C(C#N)C1c1cc(OC)c(OC)c(OC)c1. The highest BCUT2D eigenvalue weighted by atomic mass is 35.5. The van der Waals surface area contributed by atoms with E-state index in [-0.39, 0.29) is 33.8 Å². The second kappa shape index (κ2) is 12.6. The zero-order chi connectivity index (χ0) is 28.0. The zero-order valence-corrected chi connectivity index (χ0v) is 22.9. The van der Waals surface area contributed by atoms with Gasteiger partial charge in [-0.15, -0.1) is 0 Å². The van der Waals surface area contributed by atoms with Crippen molar-refractivity contribution in [3.63, 3.8) is 0 Å². The predicted molar refractivity (Wildman–Crippen MR) is 142 cm³/mol. The highest BCUT2D eigenvalue weighted by Gasteiger charge is 2.45. The first-order valence-electron chi connectivity index (χ1n) is 11.2. The van der Waals surface area contributed by atoms with Gasteiger partial charge >= 0.3 is 5.97 Å². The maximum absolute atomic E-state index is 13.1. The van der Waals surface area contributed by atoms with Crippen LogP contribution in [-0.4, -0.2) is 52.0 Å². The van der Waals surface area contributed by atoms with Crippen LogP contribution in [0.5, 0.6) is 17.2 Å². The highest BCUT2D eigenvalue weighted by Crippen LogP contribution is 2.46. The van der Waals surface area contributed by atoms with Crippen LogP contribution in [0.4, 0.5) is 5.69 Å². The van der Waals surface area contributed by atoms with Gasteiger partial charge in [-0.3, -0.25) is 14.4 Å². The molecule has 10 nitrogen and oxygen atoms in total. The Morgan fingerprint density at radius 3 is 2.29 bits per heavy atom. The van der Waals surface area contributed by atoms with Crippen LogP contribution in [0.1, 0.15) is 17.0 Å². The number of nitrogens with one attached hydrogen (secondary N) is 2. The molecular weight excluding hydrogens is 534 g/mol. The van der Waals surface area contributed by atoms with E-state index in [1.807, 2.05) is 6.92 Å². The van der Waals surface area contributed by atoms with E-state index >= 15 is 0 Å². The van der Waals surface area contributed by atoms with Gasteiger partial charge < -0.3 is 29.6 Å². The van der Waals surface area contributed by atoms with Crippen LogP contribution in [0, 0.1) is 24.2 Å². The summed E-state index contributed by atoms with van der Waals surface area (Å²) in [5.41, 5.74) is 1.84. The maximum atomic E-state index is 13.1. The molecule has 200 valence electrons. The molecule has 0 aromatic heterocycles. The van der Waals surface area contributed by atoms with E-state index in [1.165, 1.54) is 21.3 Å². The normalized spacial score (nSPS) is 16.7. The minimum absolute atomic E-state index is 0.0745. The Morgan fingerprint density at radius 1 is 1.11 bits per heavy atom. The number of thioether (sulfide) groups is 1. The lowest BCUT2D eigenvalue weighted by molar-refractivity contribution is -0.150. The van der Waals surface area contributed by atoms with Crippen LogP contribution in [-0.2, 0) is 19.1 Å². The van der Waals surface area contributed by atoms with E-state index in [0.717, 1.165) is 24.4 Å². The number of esters is 1. The fourth-order valence-electron chi connectivity index (χ4n) is 3.97. The lowest BCUT2D eigenvalue weighted by Gasteiger charge is -2.31. The van der Waals surface area contributed by atoms with E-state index in [4.69, 9.17) is 30.5 Å². The summed E-state index contributed by atoms with van der Waals surface area (Å²) in [6.07, 6.45) is 0. The number of anilines is 1. The van der Waals surface area contributed by atoms with Gasteiger partial charge in [-0.1, -0.05) is 29.4 Å². The summed E-state index contributed by atoms with van der Waals surface area (Å²) in [6, 6.07) is 10.3. The molecule has 0 saturated heterocycles. The third kappa shape index (κ3) is 5.98. The van der Waals surface area contributed by atoms with E-state index in [0.29, 0.717) is 22.0 Å². The number of methoxy groups -OCH3 is 4. The average molecular weight is 560 g/mol. The topological polar surface area (TPSA) is 136 Å². The van der Waals surface area contributed by atoms with E-state index < -0.39 is 23.7 Å². The molecule has 0 bridgehead atoms. The fourth-order valence-corrected chi connectivity index (χ4v) is 4.99. The van der Waals surface area contributed by atoms with Crippen molar-refractivity contribution in [2.75, 3.05) is 39.5 Å². The molecule has 2 amide bonds. The Kier molecular flexibility index (Phi) is 9.50. The third-order valence-corrected chi connectivity index (χ3v) is 7.26. The molecule has 0 radical (unpaired) electrons. The van der Waals surface area contributed by atoms with Crippen molar-refractivity contribution >= 4 is 46.8 Å². The number of amides is 2. The van der Waals surface area contributed by atoms with E-state index in [2.05, 4.69) is 16.7 Å². The first-order valence-corrected chi connectivity index (χ1v) is 12.6. The molecular formula is C26H26ClN3O7S. The Morgan fingerprint density at radius 2 is 1.76 bits per heavy atom. The van der Waals surface area contributed by atoms with Crippen molar-refractivity contribution in [2.45, 2.75) is 12.8 Å². The van der Waals surface area contributed by atoms with Gasteiger partial charge in [-0.25, -0.2) is 0 Å². The lowest BCUT2D eigenvalue weighted by atomic mass is 9.78. The predicted octanol–water partition coefficient (Wildman–Crippen LogP) is 3.78. The smallest absolute Gasteiger partial charge is 0.319 e. The van der Waals surface area contributed by atoms with Gasteiger partial charge in [0.25, 0.3) is 0 Å².